The first-order chi connectivity index (χ1) is 8.22. The Morgan fingerprint density at radius 2 is 1.82 bits per heavy atom. The molecule has 0 radical (unpaired) electrons. The van der Waals surface area contributed by atoms with Crippen LogP contribution in [0, 0.1) is 0 Å². The van der Waals surface area contributed by atoms with Crippen molar-refractivity contribution < 1.29 is 5.21 Å². The number of nitrogen functional groups attached to an aromatic ring is 1. The molecule has 0 fully saturated rings. The van der Waals surface area contributed by atoms with Crippen LogP contribution < -0.4 is 5.73 Å². The van der Waals surface area contributed by atoms with Gasteiger partial charge in [-0.15, -0.1) is 0 Å². The largest absolute Gasteiger partial charge is 0.410 e. The molecule has 86 valence electrons. The van der Waals surface area contributed by atoms with Crippen LogP contribution in [0.15, 0.2) is 53.7 Å². The number of oxime groups is 1. The molecule has 3 N–H and O–H groups in total. The molecule has 2 rings (SSSR count). The molecule has 0 unspecified atom stereocenters. The maximum absolute atomic E-state index is 9.13. The first-order valence-electron chi connectivity index (χ1n) is 5.05. The van der Waals surface area contributed by atoms with E-state index in [0.717, 1.165) is 5.56 Å². The van der Waals surface area contributed by atoms with Crippen LogP contribution in [0.4, 0.5) is 5.69 Å². The topological polar surface area (TPSA) is 58.6 Å². The number of rotatable bonds is 2. The van der Waals surface area contributed by atoms with E-state index in [1.807, 2.05) is 30.3 Å². The molecule has 17 heavy (non-hydrogen) atoms. The van der Waals surface area contributed by atoms with E-state index < -0.39 is 0 Å². The van der Waals surface area contributed by atoms with Gasteiger partial charge in [0, 0.05) is 21.8 Å². The molecule has 0 aliphatic carbocycles. The Morgan fingerprint density at radius 1 is 1.12 bits per heavy atom. The van der Waals surface area contributed by atoms with Crippen LogP contribution in [0.2, 0.25) is 5.02 Å². The summed E-state index contributed by atoms with van der Waals surface area (Å²) in [5.41, 5.74) is 8.22. The number of hydrogen-bond acceptors (Lipinski definition) is 3. The van der Waals surface area contributed by atoms with Crippen molar-refractivity contribution in [2.45, 2.75) is 0 Å². The third-order valence-corrected chi connectivity index (χ3v) is 2.65. The summed E-state index contributed by atoms with van der Waals surface area (Å²) in [5.74, 6) is 0. The molecule has 0 atom stereocenters. The average Bonchev–Trinajstić information content (AvgIpc) is 2.34. The molecule has 0 saturated carbocycles. The van der Waals surface area contributed by atoms with Gasteiger partial charge in [0.2, 0.25) is 0 Å². The van der Waals surface area contributed by atoms with Crippen molar-refractivity contribution in [2.24, 2.45) is 5.16 Å². The Kier molecular flexibility index (Phi) is 3.30. The molecule has 0 spiro atoms. The molecule has 0 saturated heterocycles. The molecular weight excluding hydrogens is 236 g/mol. The molecule has 0 bridgehead atoms. The molecule has 3 nitrogen and oxygen atoms in total. The fourth-order valence-corrected chi connectivity index (χ4v) is 1.79. The number of anilines is 1. The zero-order valence-corrected chi connectivity index (χ0v) is 9.72. The van der Waals surface area contributed by atoms with Gasteiger partial charge in [0.15, 0.2) is 0 Å². The number of halogens is 1. The summed E-state index contributed by atoms with van der Waals surface area (Å²) < 4.78 is 0. The second-order valence-electron chi connectivity index (χ2n) is 3.55. The van der Waals surface area contributed by atoms with E-state index in [1.54, 1.807) is 18.2 Å². The van der Waals surface area contributed by atoms with Gasteiger partial charge in [-0.3, -0.25) is 0 Å². The summed E-state index contributed by atoms with van der Waals surface area (Å²) in [6, 6.07) is 14.4. The molecule has 2 aromatic carbocycles. The van der Waals surface area contributed by atoms with E-state index in [4.69, 9.17) is 22.5 Å². The van der Waals surface area contributed by atoms with Gasteiger partial charge in [-0.2, -0.15) is 0 Å². The highest BCUT2D eigenvalue weighted by Crippen LogP contribution is 2.21. The summed E-state index contributed by atoms with van der Waals surface area (Å²) in [4.78, 5) is 0. The third kappa shape index (κ3) is 2.40. The predicted molar refractivity (Wildman–Crippen MR) is 69.7 cm³/mol. The minimum Gasteiger partial charge on any atom is -0.410 e. The monoisotopic (exact) mass is 246 g/mol. The van der Waals surface area contributed by atoms with Crippen LogP contribution in [0.3, 0.4) is 0 Å². The highest BCUT2D eigenvalue weighted by molar-refractivity contribution is 6.31. The predicted octanol–water partition coefficient (Wildman–Crippen LogP) is 3.15. The van der Waals surface area contributed by atoms with Crippen molar-refractivity contribution in [1.82, 2.24) is 0 Å². The SMILES string of the molecule is Nc1cc(Cl)ccc1C(=NO)c1ccccc1. The van der Waals surface area contributed by atoms with Gasteiger partial charge in [-0.05, 0) is 18.2 Å². The summed E-state index contributed by atoms with van der Waals surface area (Å²) in [5, 5.41) is 13.0. The van der Waals surface area contributed by atoms with Gasteiger partial charge in [0.05, 0.1) is 0 Å². The van der Waals surface area contributed by atoms with Crippen LogP contribution in [0.5, 0.6) is 0 Å². The second kappa shape index (κ2) is 4.89. The van der Waals surface area contributed by atoms with Gasteiger partial charge in [-0.1, -0.05) is 47.1 Å². The number of nitrogens with two attached hydrogens (primary N) is 1. The lowest BCUT2D eigenvalue weighted by Gasteiger charge is -2.08. The Hall–Kier alpha value is -2.00. The second-order valence-corrected chi connectivity index (χ2v) is 3.98. The van der Waals surface area contributed by atoms with Crippen LogP contribution in [-0.4, -0.2) is 10.9 Å². The molecule has 0 aliphatic heterocycles. The van der Waals surface area contributed by atoms with E-state index in [9.17, 15) is 0 Å². The highest BCUT2D eigenvalue weighted by atomic mass is 35.5. The van der Waals surface area contributed by atoms with Gasteiger partial charge in [0.25, 0.3) is 0 Å². The van der Waals surface area contributed by atoms with Crippen LogP contribution in [0.1, 0.15) is 11.1 Å². The molecule has 0 amide bonds. The Balaban J connectivity index is 2.51. The fourth-order valence-electron chi connectivity index (χ4n) is 1.61. The van der Waals surface area contributed by atoms with Gasteiger partial charge in [0.1, 0.15) is 5.71 Å². The maximum Gasteiger partial charge on any atom is 0.119 e. The summed E-state index contributed by atoms with van der Waals surface area (Å²) in [6.07, 6.45) is 0. The van der Waals surface area contributed by atoms with Crippen molar-refractivity contribution in [3.63, 3.8) is 0 Å². The summed E-state index contributed by atoms with van der Waals surface area (Å²) >= 11 is 5.83. The lowest BCUT2D eigenvalue weighted by Crippen LogP contribution is -2.06. The molecular formula is C13H11ClN2O. The van der Waals surface area contributed by atoms with E-state index >= 15 is 0 Å². The molecule has 4 heteroatoms. The molecule has 0 heterocycles. The smallest absolute Gasteiger partial charge is 0.119 e. The first kappa shape index (κ1) is 11.5. The van der Waals surface area contributed by atoms with Gasteiger partial charge < -0.3 is 10.9 Å². The van der Waals surface area contributed by atoms with E-state index in [1.165, 1.54) is 0 Å². The Bertz CT molecular complexity index is 553. The highest BCUT2D eigenvalue weighted by Gasteiger charge is 2.10. The van der Waals surface area contributed by atoms with Crippen molar-refractivity contribution in [3.05, 3.63) is 64.7 Å². The minimum absolute atomic E-state index is 0.430. The average molecular weight is 247 g/mol. The molecule has 2 aromatic rings. The van der Waals surface area contributed by atoms with Gasteiger partial charge in [-0.25, -0.2) is 0 Å². The van der Waals surface area contributed by atoms with Crippen molar-refractivity contribution >= 4 is 23.0 Å². The zero-order chi connectivity index (χ0) is 12.3. The Morgan fingerprint density at radius 3 is 2.41 bits per heavy atom. The number of hydrogen-bond donors (Lipinski definition) is 2. The van der Waals surface area contributed by atoms with Crippen LogP contribution in [-0.2, 0) is 0 Å². The molecule has 0 aromatic heterocycles. The van der Waals surface area contributed by atoms with Crippen LogP contribution in [0.25, 0.3) is 0 Å². The third-order valence-electron chi connectivity index (χ3n) is 2.42. The van der Waals surface area contributed by atoms with Crippen molar-refractivity contribution in [1.29, 1.82) is 0 Å². The van der Waals surface area contributed by atoms with Crippen molar-refractivity contribution in [3.8, 4) is 0 Å². The standard InChI is InChI=1S/C13H11ClN2O/c14-10-6-7-11(12(15)8-10)13(16-17)9-4-2-1-3-5-9/h1-8,17H,15H2. The molecule has 0 aliphatic rings. The lowest BCUT2D eigenvalue weighted by molar-refractivity contribution is 0.319. The first-order valence-corrected chi connectivity index (χ1v) is 5.43. The minimum atomic E-state index is 0.430. The number of benzene rings is 2. The summed E-state index contributed by atoms with van der Waals surface area (Å²) in [7, 11) is 0. The Labute approximate surface area is 104 Å². The normalized spacial score (nSPS) is 11.5. The fraction of sp³-hybridized carbons (Fsp3) is 0. The summed E-state index contributed by atoms with van der Waals surface area (Å²) in [6.45, 7) is 0. The van der Waals surface area contributed by atoms with Crippen LogP contribution >= 0.6 is 11.6 Å². The number of nitrogens with zero attached hydrogens (tertiary/aromatic N) is 1. The van der Waals surface area contributed by atoms with Crippen molar-refractivity contribution in [2.75, 3.05) is 5.73 Å². The van der Waals surface area contributed by atoms with E-state index in [2.05, 4.69) is 5.16 Å². The quantitative estimate of drug-likeness (QED) is 0.370. The van der Waals surface area contributed by atoms with E-state index in [-0.39, 0.29) is 0 Å². The zero-order valence-electron chi connectivity index (χ0n) is 8.97. The van der Waals surface area contributed by atoms with Gasteiger partial charge >= 0.3 is 0 Å². The lowest BCUT2D eigenvalue weighted by atomic mass is 10.0. The maximum atomic E-state index is 9.13. The van der Waals surface area contributed by atoms with E-state index in [0.29, 0.717) is 22.0 Å².